The fourth-order valence-electron chi connectivity index (χ4n) is 5.74. The van der Waals surface area contributed by atoms with Crippen molar-refractivity contribution in [2.75, 3.05) is 41.3 Å². The van der Waals surface area contributed by atoms with Gasteiger partial charge >= 0.3 is 12.2 Å². The minimum atomic E-state index is -1.20. The second kappa shape index (κ2) is 26.7. The number of carbonyl (C=O) groups excluding carboxylic acids is 5. The Labute approximate surface area is 416 Å². The summed E-state index contributed by atoms with van der Waals surface area (Å²) in [7, 11) is 6.75. The van der Waals surface area contributed by atoms with Gasteiger partial charge in [0.25, 0.3) is 0 Å². The van der Waals surface area contributed by atoms with Crippen LogP contribution < -0.4 is 5.32 Å². The predicted molar refractivity (Wildman–Crippen MR) is 272 cm³/mol. The summed E-state index contributed by atoms with van der Waals surface area (Å²) in [5, 5.41) is 4.41. The smallest absolute Gasteiger partial charge is 0.410 e. The molecule has 2 aromatic rings. The zero-order valence-electron chi connectivity index (χ0n) is 39.7. The van der Waals surface area contributed by atoms with Crippen molar-refractivity contribution in [3.63, 3.8) is 0 Å². The van der Waals surface area contributed by atoms with E-state index in [9.17, 15) is 24.0 Å². The number of carbonyl (C=O) groups is 5. The van der Waals surface area contributed by atoms with E-state index in [1.807, 2.05) is 54.7 Å². The van der Waals surface area contributed by atoms with E-state index < -0.39 is 39.9 Å². The van der Waals surface area contributed by atoms with Crippen molar-refractivity contribution in [1.82, 2.24) is 20.0 Å². The van der Waals surface area contributed by atoms with Crippen LogP contribution in [0.1, 0.15) is 107 Å². The highest BCUT2D eigenvalue weighted by Crippen LogP contribution is 2.38. The molecule has 0 heterocycles. The summed E-state index contributed by atoms with van der Waals surface area (Å²) in [4.78, 5) is 65.0. The minimum Gasteiger partial charge on any atom is -0.444 e. The number of hydrogen-bond acceptors (Lipinski definition) is 8. The molecule has 2 aromatic carbocycles. The SMILES string of the molecule is C=CC[C@@](CNC)(c1ccc(Cl)c(Cl)c1)N(C)C(=O)OC(C)(C)C.CC(C)(C)C(=O)Cl.CN(C[C@](CC=O)(c1ccc(Cl)c(Cl)c1)N(C)C(=O)OC(C)(C)C)C(=O)C(C)(C)C.S.S. The number of likely N-dealkylation sites (N-methyl/N-ethyl adjacent to an activating group) is 4. The summed E-state index contributed by atoms with van der Waals surface area (Å²) in [6, 6.07) is 10.3. The first-order valence-electron chi connectivity index (χ1n) is 19.6. The number of hydrogen-bond donors (Lipinski definition) is 1. The monoisotopic (exact) mass is 1020 g/mol. The Morgan fingerprint density at radius 2 is 1.02 bits per heavy atom. The van der Waals surface area contributed by atoms with Gasteiger partial charge in [-0.05, 0) is 102 Å². The van der Waals surface area contributed by atoms with Crippen LogP contribution in [-0.4, -0.2) is 96.8 Å². The van der Waals surface area contributed by atoms with Crippen LogP contribution in [0.2, 0.25) is 20.1 Å². The van der Waals surface area contributed by atoms with Crippen molar-refractivity contribution in [3.8, 4) is 0 Å². The zero-order chi connectivity index (χ0) is 48.1. The number of nitrogens with one attached hydrogen (secondary N) is 1. The third-order valence-corrected chi connectivity index (χ3v) is 11.0. The number of nitrogens with zero attached hydrogens (tertiary/aromatic N) is 3. The van der Waals surface area contributed by atoms with Crippen LogP contribution in [0.15, 0.2) is 49.1 Å². The van der Waals surface area contributed by atoms with Crippen molar-refractivity contribution < 1.29 is 33.4 Å². The molecule has 2 atom stereocenters. The number of halogens is 5. The van der Waals surface area contributed by atoms with Crippen molar-refractivity contribution >= 4 is 115 Å². The van der Waals surface area contributed by atoms with Gasteiger partial charge in [-0.25, -0.2) is 9.59 Å². The van der Waals surface area contributed by atoms with E-state index in [1.54, 1.807) is 104 Å². The number of benzene rings is 2. The van der Waals surface area contributed by atoms with Crippen molar-refractivity contribution in [1.29, 1.82) is 0 Å². The molecule has 63 heavy (non-hydrogen) atoms. The van der Waals surface area contributed by atoms with Crippen LogP contribution in [0.5, 0.6) is 0 Å². The second-order valence-corrected chi connectivity index (χ2v) is 20.7. The van der Waals surface area contributed by atoms with Gasteiger partial charge in [0, 0.05) is 51.5 Å². The molecule has 0 unspecified atom stereocenters. The largest absolute Gasteiger partial charge is 0.444 e. The van der Waals surface area contributed by atoms with E-state index in [1.165, 1.54) is 9.80 Å². The third-order valence-electron chi connectivity index (χ3n) is 8.98. The van der Waals surface area contributed by atoms with Gasteiger partial charge in [0.15, 0.2) is 0 Å². The molecule has 0 aliphatic rings. The average Bonchev–Trinajstić information content (AvgIpc) is 3.10. The Morgan fingerprint density at radius 1 is 0.651 bits per heavy atom. The maximum atomic E-state index is 13.0. The molecule has 11 nitrogen and oxygen atoms in total. The van der Waals surface area contributed by atoms with E-state index in [4.69, 9.17) is 67.5 Å². The molecule has 0 radical (unpaired) electrons. The van der Waals surface area contributed by atoms with Crippen molar-refractivity contribution in [2.24, 2.45) is 10.8 Å². The van der Waals surface area contributed by atoms with Gasteiger partial charge in [0.05, 0.1) is 31.2 Å². The highest BCUT2D eigenvalue weighted by atomic mass is 35.5. The summed E-state index contributed by atoms with van der Waals surface area (Å²) in [6.07, 6.45) is 1.93. The van der Waals surface area contributed by atoms with Gasteiger partial charge in [-0.1, -0.05) is 106 Å². The van der Waals surface area contributed by atoms with Crippen molar-refractivity contribution in [2.45, 2.75) is 118 Å². The first-order chi connectivity index (χ1) is 27.6. The molecule has 0 aliphatic heterocycles. The van der Waals surface area contributed by atoms with Crippen LogP contribution in [0, 0.1) is 10.8 Å². The normalized spacial score (nSPS) is 13.2. The molecule has 0 bridgehead atoms. The third kappa shape index (κ3) is 20.4. The lowest BCUT2D eigenvalue weighted by atomic mass is 9.84. The Kier molecular flexibility index (Phi) is 27.5. The first-order valence-corrected chi connectivity index (χ1v) is 21.4. The molecule has 0 aromatic heterocycles. The van der Waals surface area contributed by atoms with Crippen LogP contribution in [0.25, 0.3) is 0 Å². The Hall–Kier alpha value is -2.36. The molecular formula is C45H71Cl5N4O7S2. The quantitative estimate of drug-likeness (QED) is 0.127. The Bertz CT molecular complexity index is 1850. The summed E-state index contributed by atoms with van der Waals surface area (Å²) >= 11 is 29.7. The second-order valence-electron chi connectivity index (χ2n) is 18.7. The number of amides is 3. The average molecular weight is 1020 g/mol. The minimum absolute atomic E-state index is 0. The summed E-state index contributed by atoms with van der Waals surface area (Å²) < 4.78 is 11.1. The number of ether oxygens (including phenoxy) is 2. The fourth-order valence-corrected chi connectivity index (χ4v) is 6.34. The molecular weight excluding hydrogens is 950 g/mol. The van der Waals surface area contributed by atoms with E-state index in [0.717, 1.165) is 11.8 Å². The van der Waals surface area contributed by atoms with Gasteiger partial charge in [0.1, 0.15) is 17.5 Å². The highest BCUT2D eigenvalue weighted by Gasteiger charge is 2.44. The maximum Gasteiger partial charge on any atom is 0.410 e. The molecule has 1 N–H and O–H groups in total. The lowest BCUT2D eigenvalue weighted by molar-refractivity contribution is -0.140. The fraction of sp³-hybridized carbons (Fsp3) is 0.578. The molecule has 3 amide bonds. The van der Waals surface area contributed by atoms with Gasteiger partial charge in [-0.2, -0.15) is 27.0 Å². The molecule has 0 saturated heterocycles. The predicted octanol–water partition coefficient (Wildman–Crippen LogP) is 12.0. The molecule has 18 heteroatoms. The molecule has 0 saturated carbocycles. The van der Waals surface area contributed by atoms with Gasteiger partial charge in [-0.3, -0.25) is 19.4 Å². The summed E-state index contributed by atoms with van der Waals surface area (Å²) in [5.74, 6) is -0.129. The Morgan fingerprint density at radius 3 is 1.30 bits per heavy atom. The Balaban J connectivity index is -0.000000979. The lowest BCUT2D eigenvalue weighted by Crippen LogP contribution is -2.56. The van der Waals surface area contributed by atoms with Crippen LogP contribution in [0.4, 0.5) is 9.59 Å². The molecule has 0 fully saturated rings. The highest BCUT2D eigenvalue weighted by molar-refractivity contribution is 7.59. The zero-order valence-corrected chi connectivity index (χ0v) is 45.5. The number of aldehydes is 1. The maximum absolute atomic E-state index is 13.0. The summed E-state index contributed by atoms with van der Waals surface area (Å²) in [6.45, 7) is 26.0. The molecule has 360 valence electrons. The van der Waals surface area contributed by atoms with E-state index >= 15 is 0 Å². The first kappa shape index (κ1) is 64.9. The van der Waals surface area contributed by atoms with E-state index in [2.05, 4.69) is 11.9 Å². The van der Waals surface area contributed by atoms with Crippen molar-refractivity contribution in [3.05, 3.63) is 80.3 Å². The van der Waals surface area contributed by atoms with Crippen LogP contribution in [0.3, 0.4) is 0 Å². The van der Waals surface area contributed by atoms with Gasteiger partial charge in [-0.15, -0.1) is 6.58 Å². The molecule has 2 rings (SSSR count). The summed E-state index contributed by atoms with van der Waals surface area (Å²) in [5.41, 5.74) is -2.77. The van der Waals surface area contributed by atoms with Crippen LogP contribution in [-0.2, 0) is 34.9 Å². The van der Waals surface area contributed by atoms with Gasteiger partial charge in [0.2, 0.25) is 11.1 Å². The lowest BCUT2D eigenvalue weighted by Gasteiger charge is -2.44. The molecule has 0 spiro atoms. The topological polar surface area (TPSA) is 126 Å². The number of rotatable bonds is 12. The van der Waals surface area contributed by atoms with Crippen LogP contribution >= 0.6 is 85.0 Å². The van der Waals surface area contributed by atoms with E-state index in [-0.39, 0.29) is 61.5 Å². The van der Waals surface area contributed by atoms with E-state index in [0.29, 0.717) is 33.6 Å². The molecule has 0 aliphatic carbocycles. The standard InChI is InChI=1S/C22H32Cl2N2O4.C18H26Cl2N2O2.C5H9ClO.2H2S/c1-20(2,3)18(28)25(7)14-22(11-12-27,15-9-10-16(23)17(24)13-15)26(8)19(29)30-21(4,5)6;1-7-10-18(12-21-5,13-8-9-14(19)15(20)11-13)22(6)16(23)24-17(2,3)4;1-5(2,3)4(6)7;;/h9-10,12-13H,11,14H2,1-8H3;7-9,11,21H,1,10,12H2,2-6H3;1-3H3;2*1H2/t22-;18-;;;/m11.../s1. The van der Waals surface area contributed by atoms with Gasteiger partial charge < -0.3 is 24.5 Å².